The van der Waals surface area contributed by atoms with Crippen molar-refractivity contribution in [2.75, 3.05) is 26.3 Å². The first kappa shape index (κ1) is 26.2. The van der Waals surface area contributed by atoms with Gasteiger partial charge in [0.05, 0.1) is 24.5 Å². The van der Waals surface area contributed by atoms with Gasteiger partial charge in [-0.15, -0.1) is 0 Å². The van der Waals surface area contributed by atoms with Gasteiger partial charge in [0, 0.05) is 43.6 Å². The molecule has 1 aliphatic heterocycles. The molecule has 0 saturated carbocycles. The third kappa shape index (κ3) is 5.71. The number of ketones is 1. The second-order valence-electron chi connectivity index (χ2n) is 9.90. The summed E-state index contributed by atoms with van der Waals surface area (Å²) in [5.74, 6) is 0.0194. The number of ether oxygens (including phenoxy) is 1. The van der Waals surface area contributed by atoms with E-state index in [1.807, 2.05) is 13.0 Å². The maximum Gasteiger partial charge on any atom is 0.417 e. The fraction of sp³-hybridized carbons (Fsp3) is 0.429. The van der Waals surface area contributed by atoms with Gasteiger partial charge >= 0.3 is 6.18 Å². The van der Waals surface area contributed by atoms with Gasteiger partial charge in [-0.1, -0.05) is 12.1 Å². The summed E-state index contributed by atoms with van der Waals surface area (Å²) in [5, 5.41) is 4.31. The molecule has 10 heteroatoms. The number of morpholine rings is 1. The number of nitrogens with zero attached hydrogens (tertiary/aromatic N) is 5. The van der Waals surface area contributed by atoms with Gasteiger partial charge in [-0.2, -0.15) is 18.3 Å². The number of rotatable bonds is 6. The van der Waals surface area contributed by atoms with Gasteiger partial charge in [0.2, 0.25) is 0 Å². The Morgan fingerprint density at radius 1 is 1.11 bits per heavy atom. The number of pyridine rings is 2. The summed E-state index contributed by atoms with van der Waals surface area (Å²) in [6, 6.07) is 6.36. The minimum absolute atomic E-state index is 0.128. The van der Waals surface area contributed by atoms with E-state index in [1.165, 1.54) is 16.3 Å². The van der Waals surface area contributed by atoms with Crippen LogP contribution in [0.1, 0.15) is 57.8 Å². The van der Waals surface area contributed by atoms with E-state index in [1.54, 1.807) is 19.2 Å². The molecule has 0 bridgehead atoms. The van der Waals surface area contributed by atoms with Crippen LogP contribution in [-0.4, -0.2) is 62.8 Å². The van der Waals surface area contributed by atoms with Gasteiger partial charge in [0.15, 0.2) is 11.6 Å². The van der Waals surface area contributed by atoms with Crippen LogP contribution in [0.2, 0.25) is 0 Å². The van der Waals surface area contributed by atoms with E-state index in [2.05, 4.69) is 21.1 Å². The topological polar surface area (TPSA) is 73.1 Å². The largest absolute Gasteiger partial charge is 0.417 e. The maximum absolute atomic E-state index is 13.0. The molecule has 4 heterocycles. The van der Waals surface area contributed by atoms with Gasteiger partial charge in [-0.3, -0.25) is 14.7 Å². The summed E-state index contributed by atoms with van der Waals surface area (Å²) < 4.78 is 45.4. The van der Waals surface area contributed by atoms with Crippen LogP contribution in [0.4, 0.5) is 13.2 Å². The van der Waals surface area contributed by atoms with E-state index in [4.69, 9.17) is 9.72 Å². The van der Waals surface area contributed by atoms with Crippen LogP contribution < -0.4 is 0 Å². The van der Waals surface area contributed by atoms with E-state index < -0.39 is 11.7 Å². The number of halogens is 3. The Hall–Kier alpha value is -3.37. The van der Waals surface area contributed by atoms with Crippen LogP contribution in [0.5, 0.6) is 0 Å². The smallest absolute Gasteiger partial charge is 0.379 e. The van der Waals surface area contributed by atoms with Crippen LogP contribution >= 0.6 is 0 Å². The molecule has 0 N–H and O–H groups in total. The minimum Gasteiger partial charge on any atom is -0.379 e. The van der Waals surface area contributed by atoms with Gasteiger partial charge in [0.25, 0.3) is 0 Å². The van der Waals surface area contributed by atoms with Crippen molar-refractivity contribution in [1.29, 1.82) is 0 Å². The maximum atomic E-state index is 13.0. The molecule has 2 aliphatic rings. The summed E-state index contributed by atoms with van der Waals surface area (Å²) in [6.45, 7) is 7.34. The molecule has 0 spiro atoms. The average Bonchev–Trinajstić information content (AvgIpc) is 3.31. The lowest BCUT2D eigenvalue weighted by Crippen LogP contribution is -2.43. The summed E-state index contributed by atoms with van der Waals surface area (Å²) >= 11 is 0. The van der Waals surface area contributed by atoms with Crippen LogP contribution in [0.25, 0.3) is 11.4 Å². The third-order valence-corrected chi connectivity index (χ3v) is 7.21. The molecular weight excluding hydrogens is 495 g/mol. The SMILES string of the molecule is Cc1cc(CC(=O)c2cc(C)n(-c3ccc(C(F)(F)F)cn3)n2)cnc1C1=CCC(N2CCOCC2)CC1. The Bertz CT molecular complexity index is 1340. The second kappa shape index (κ2) is 10.8. The first-order chi connectivity index (χ1) is 18.2. The Morgan fingerprint density at radius 2 is 1.89 bits per heavy atom. The second-order valence-corrected chi connectivity index (χ2v) is 9.90. The molecular formula is C28H30F3N5O2. The van der Waals surface area contributed by atoms with Crippen LogP contribution in [0.15, 0.2) is 42.7 Å². The number of Topliss-reactive ketones (excluding diaryl/α,β-unsaturated/α-hetero) is 1. The van der Waals surface area contributed by atoms with Crippen molar-refractivity contribution in [3.05, 3.63) is 76.5 Å². The standard InChI is InChI=1S/C28H30F3N5O2/c1-18-13-20(16-33-27(18)21-3-6-23(7-4-21)35-9-11-38-12-10-35)15-25(37)24-14-19(2)36(34-24)26-8-5-22(17-32-26)28(29,30)31/h3,5,8,13-14,16-17,23H,4,6-7,9-12,15H2,1-2H3. The molecule has 1 aliphatic carbocycles. The van der Waals surface area contributed by atoms with Crippen molar-refractivity contribution in [2.24, 2.45) is 0 Å². The molecule has 1 atom stereocenters. The zero-order chi connectivity index (χ0) is 26.9. The Kier molecular flexibility index (Phi) is 7.45. The highest BCUT2D eigenvalue weighted by Gasteiger charge is 2.31. The van der Waals surface area contributed by atoms with Crippen LogP contribution in [0.3, 0.4) is 0 Å². The summed E-state index contributed by atoms with van der Waals surface area (Å²) in [6.07, 6.45) is 3.55. The van der Waals surface area contributed by atoms with Crippen molar-refractivity contribution in [1.82, 2.24) is 24.6 Å². The Balaban J connectivity index is 1.25. The van der Waals surface area contributed by atoms with E-state index in [-0.39, 0.29) is 23.7 Å². The number of allylic oxidation sites excluding steroid dienone is 1. The molecule has 3 aromatic heterocycles. The molecule has 5 rings (SSSR count). The van der Waals surface area contributed by atoms with Crippen molar-refractivity contribution < 1.29 is 22.7 Å². The number of hydrogen-bond donors (Lipinski definition) is 0. The number of alkyl halides is 3. The molecule has 0 aromatic carbocycles. The number of carbonyl (C=O) groups is 1. The molecule has 1 unspecified atom stereocenters. The summed E-state index contributed by atoms with van der Waals surface area (Å²) in [5.41, 5.74) is 4.05. The van der Waals surface area contributed by atoms with Crippen LogP contribution in [0, 0.1) is 13.8 Å². The third-order valence-electron chi connectivity index (χ3n) is 7.21. The lowest BCUT2D eigenvalue weighted by atomic mass is 9.90. The Morgan fingerprint density at radius 3 is 2.53 bits per heavy atom. The molecule has 3 aromatic rings. The van der Waals surface area contributed by atoms with E-state index in [0.29, 0.717) is 11.7 Å². The zero-order valence-corrected chi connectivity index (χ0v) is 21.5. The number of carbonyl (C=O) groups excluding carboxylic acids is 1. The lowest BCUT2D eigenvalue weighted by molar-refractivity contribution is -0.137. The van der Waals surface area contributed by atoms with Crippen LogP contribution in [-0.2, 0) is 17.3 Å². The molecule has 38 heavy (non-hydrogen) atoms. The highest BCUT2D eigenvalue weighted by molar-refractivity contribution is 5.96. The van der Waals surface area contributed by atoms with E-state index >= 15 is 0 Å². The molecule has 0 radical (unpaired) electrons. The first-order valence-electron chi connectivity index (χ1n) is 12.8. The highest BCUT2D eigenvalue weighted by Crippen LogP contribution is 2.31. The highest BCUT2D eigenvalue weighted by atomic mass is 19.4. The monoisotopic (exact) mass is 525 g/mol. The quantitative estimate of drug-likeness (QED) is 0.422. The Labute approximate surface area is 219 Å². The first-order valence-corrected chi connectivity index (χ1v) is 12.8. The van der Waals surface area contributed by atoms with Crippen molar-refractivity contribution in [2.45, 2.75) is 51.7 Å². The van der Waals surface area contributed by atoms with Gasteiger partial charge in [-0.05, 0) is 68.0 Å². The van der Waals surface area contributed by atoms with Gasteiger partial charge < -0.3 is 4.74 Å². The minimum atomic E-state index is -4.47. The molecule has 0 amide bonds. The fourth-order valence-electron chi connectivity index (χ4n) is 5.17. The number of aryl methyl sites for hydroxylation is 2. The molecule has 1 fully saturated rings. The van der Waals surface area contributed by atoms with E-state index in [0.717, 1.165) is 74.6 Å². The average molecular weight is 526 g/mol. The fourth-order valence-corrected chi connectivity index (χ4v) is 5.17. The van der Waals surface area contributed by atoms with Gasteiger partial charge in [0.1, 0.15) is 5.69 Å². The lowest BCUT2D eigenvalue weighted by Gasteiger charge is -2.36. The summed E-state index contributed by atoms with van der Waals surface area (Å²) in [4.78, 5) is 24.1. The predicted molar refractivity (Wildman–Crippen MR) is 136 cm³/mol. The van der Waals surface area contributed by atoms with Crippen molar-refractivity contribution in [3.8, 4) is 5.82 Å². The molecule has 7 nitrogen and oxygen atoms in total. The normalized spacial score (nSPS) is 18.9. The zero-order valence-electron chi connectivity index (χ0n) is 21.5. The summed E-state index contributed by atoms with van der Waals surface area (Å²) in [7, 11) is 0. The van der Waals surface area contributed by atoms with Crippen molar-refractivity contribution >= 4 is 11.4 Å². The van der Waals surface area contributed by atoms with E-state index in [9.17, 15) is 18.0 Å². The molecule has 1 saturated heterocycles. The van der Waals surface area contributed by atoms with Gasteiger partial charge in [-0.25, -0.2) is 9.67 Å². The number of hydrogen-bond acceptors (Lipinski definition) is 6. The number of aromatic nitrogens is 4. The van der Waals surface area contributed by atoms with Crippen molar-refractivity contribution in [3.63, 3.8) is 0 Å². The molecule has 200 valence electrons. The predicted octanol–water partition coefficient (Wildman–Crippen LogP) is 4.99.